The first-order valence-corrected chi connectivity index (χ1v) is 17.5. The number of piperidine rings is 1. The van der Waals surface area contributed by atoms with Crippen molar-refractivity contribution in [2.45, 2.75) is 103 Å². The number of carbonyl (C=O) groups is 1. The molecule has 4 heterocycles. The zero-order valence-corrected chi connectivity index (χ0v) is 27.4. The van der Waals surface area contributed by atoms with Crippen LogP contribution in [0, 0.1) is 0 Å². The number of hydrogen-bond acceptors (Lipinski definition) is 9. The lowest BCUT2D eigenvalue weighted by Crippen LogP contribution is -2.59. The minimum Gasteiger partial charge on any atom is -0.465 e. The van der Waals surface area contributed by atoms with Crippen LogP contribution >= 0.6 is 0 Å². The van der Waals surface area contributed by atoms with Crippen molar-refractivity contribution >= 4 is 44.2 Å². The second-order valence-corrected chi connectivity index (χ2v) is 18.6. The predicted molar refractivity (Wildman–Crippen MR) is 170 cm³/mol. The molecule has 230 valence electrons. The van der Waals surface area contributed by atoms with Gasteiger partial charge >= 0.3 is 13.2 Å². The fourth-order valence-electron chi connectivity index (χ4n) is 4.89. The standard InChI is InChI=1S/C29H47BN6O5Si/c1-27(2,3)42(8,9)39-24-13-15-36(18-22(24)35-26(37)38)23-12-14-32-16-21(23)33-17-20-19(31)10-11-25(34-20)30-40-28(4,5)29(6,7)41-30/h10-12,14,16,22,24,33,35H,13,15,17-18,31H2,1-9H3,(H,37,38)/t22-,24-/m1/s1. The highest BCUT2D eigenvalue weighted by molar-refractivity contribution is 6.74. The van der Waals surface area contributed by atoms with E-state index >= 15 is 0 Å². The molecule has 5 N–H and O–H groups in total. The Labute approximate surface area is 251 Å². The van der Waals surface area contributed by atoms with E-state index in [4.69, 9.17) is 24.5 Å². The van der Waals surface area contributed by atoms with Gasteiger partial charge in [0, 0.05) is 19.3 Å². The second kappa shape index (κ2) is 11.7. The number of rotatable bonds is 8. The Balaban J connectivity index is 1.50. The van der Waals surface area contributed by atoms with Crippen LogP contribution in [0.25, 0.3) is 0 Å². The van der Waals surface area contributed by atoms with Crippen LogP contribution in [0.4, 0.5) is 21.9 Å². The van der Waals surface area contributed by atoms with Gasteiger partial charge in [0.15, 0.2) is 8.32 Å². The first-order chi connectivity index (χ1) is 19.4. The Morgan fingerprint density at radius 3 is 2.50 bits per heavy atom. The summed E-state index contributed by atoms with van der Waals surface area (Å²) >= 11 is 0. The monoisotopic (exact) mass is 598 g/mol. The Morgan fingerprint density at radius 1 is 1.21 bits per heavy atom. The van der Waals surface area contributed by atoms with E-state index in [-0.39, 0.29) is 17.2 Å². The molecule has 13 heteroatoms. The van der Waals surface area contributed by atoms with Gasteiger partial charge in [-0.2, -0.15) is 0 Å². The van der Waals surface area contributed by atoms with E-state index in [0.29, 0.717) is 43.0 Å². The molecule has 42 heavy (non-hydrogen) atoms. The minimum absolute atomic E-state index is 0.0235. The number of nitrogen functional groups attached to an aromatic ring is 1. The fraction of sp³-hybridized carbons (Fsp3) is 0.621. The number of nitrogens with two attached hydrogens (primary N) is 1. The van der Waals surface area contributed by atoms with Crippen LogP contribution in [0.5, 0.6) is 0 Å². The van der Waals surface area contributed by atoms with Gasteiger partial charge in [0.05, 0.1) is 64.4 Å². The highest BCUT2D eigenvalue weighted by Crippen LogP contribution is 2.39. The van der Waals surface area contributed by atoms with Gasteiger partial charge in [-0.15, -0.1) is 0 Å². The van der Waals surface area contributed by atoms with Crippen LogP contribution in [-0.2, 0) is 20.3 Å². The molecular formula is C29H47BN6O5Si. The van der Waals surface area contributed by atoms with Crippen LogP contribution in [0.3, 0.4) is 0 Å². The average Bonchev–Trinajstić information content (AvgIpc) is 3.10. The fourth-order valence-corrected chi connectivity index (χ4v) is 6.28. The molecule has 2 fully saturated rings. The molecule has 1 amide bonds. The third-order valence-corrected chi connectivity index (χ3v) is 13.7. The van der Waals surface area contributed by atoms with Gasteiger partial charge in [0.2, 0.25) is 0 Å². The number of pyridine rings is 2. The molecule has 2 aliphatic rings. The van der Waals surface area contributed by atoms with Gasteiger partial charge in [0.1, 0.15) is 0 Å². The summed E-state index contributed by atoms with van der Waals surface area (Å²) < 4.78 is 19.1. The third kappa shape index (κ3) is 6.85. The lowest BCUT2D eigenvalue weighted by molar-refractivity contribution is 0.00578. The van der Waals surface area contributed by atoms with Crippen molar-refractivity contribution < 1.29 is 23.6 Å². The van der Waals surface area contributed by atoms with Gasteiger partial charge < -0.3 is 40.1 Å². The van der Waals surface area contributed by atoms with Crippen LogP contribution in [0.2, 0.25) is 18.1 Å². The molecule has 0 unspecified atom stereocenters. The summed E-state index contributed by atoms with van der Waals surface area (Å²) in [6, 6.07) is 5.22. The molecule has 0 radical (unpaired) electrons. The first kappa shape index (κ1) is 32.1. The quantitative estimate of drug-likeness (QED) is 0.326. The lowest BCUT2D eigenvalue weighted by atomic mass is 9.84. The first-order valence-electron chi connectivity index (χ1n) is 14.6. The van der Waals surface area contributed by atoms with Crippen LogP contribution < -0.4 is 26.9 Å². The van der Waals surface area contributed by atoms with Crippen molar-refractivity contribution in [1.82, 2.24) is 15.3 Å². The van der Waals surface area contributed by atoms with E-state index in [1.54, 1.807) is 12.4 Å². The number of nitrogens with zero attached hydrogens (tertiary/aromatic N) is 3. The normalized spacial score (nSPS) is 22.2. The third-order valence-electron chi connectivity index (χ3n) is 9.22. The van der Waals surface area contributed by atoms with Gasteiger partial charge in [0.25, 0.3) is 0 Å². The summed E-state index contributed by atoms with van der Waals surface area (Å²) in [5.41, 5.74) is 8.99. The summed E-state index contributed by atoms with van der Waals surface area (Å²) in [5, 5.41) is 15.8. The summed E-state index contributed by atoms with van der Waals surface area (Å²) in [6.45, 7) is 20.6. The predicted octanol–water partition coefficient (Wildman–Crippen LogP) is 4.21. The van der Waals surface area contributed by atoms with Crippen LogP contribution in [0.1, 0.15) is 60.6 Å². The molecular weight excluding hydrogens is 551 g/mol. The average molecular weight is 599 g/mol. The van der Waals surface area contributed by atoms with Crippen LogP contribution in [0.15, 0.2) is 30.6 Å². The Morgan fingerprint density at radius 2 is 1.88 bits per heavy atom. The number of anilines is 3. The molecule has 2 aromatic rings. The van der Waals surface area contributed by atoms with E-state index in [0.717, 1.165) is 11.4 Å². The van der Waals surface area contributed by atoms with Gasteiger partial charge in [-0.3, -0.25) is 9.97 Å². The van der Waals surface area contributed by atoms with Crippen molar-refractivity contribution in [3.8, 4) is 0 Å². The topological polar surface area (TPSA) is 144 Å². The van der Waals surface area contributed by atoms with Gasteiger partial charge in [-0.05, 0) is 70.4 Å². The molecule has 2 atom stereocenters. The molecule has 4 rings (SSSR count). The number of amides is 1. The number of nitrogens with one attached hydrogen (secondary N) is 2. The number of aromatic nitrogens is 2. The second-order valence-electron chi connectivity index (χ2n) is 13.8. The van der Waals surface area contributed by atoms with E-state index in [1.165, 1.54) is 0 Å². The molecule has 0 saturated carbocycles. The molecule has 0 aliphatic carbocycles. The highest BCUT2D eigenvalue weighted by atomic mass is 28.4. The van der Waals surface area contributed by atoms with E-state index in [2.05, 4.69) is 54.4 Å². The van der Waals surface area contributed by atoms with E-state index in [1.807, 2.05) is 45.9 Å². The molecule has 11 nitrogen and oxygen atoms in total. The molecule has 2 saturated heterocycles. The summed E-state index contributed by atoms with van der Waals surface area (Å²) in [5.74, 6) is 0. The lowest BCUT2D eigenvalue weighted by Gasteiger charge is -2.45. The molecule has 0 aromatic carbocycles. The molecule has 2 aromatic heterocycles. The Bertz CT molecular complexity index is 1270. The Kier molecular flexibility index (Phi) is 8.90. The minimum atomic E-state index is -2.09. The molecule has 0 bridgehead atoms. The summed E-state index contributed by atoms with van der Waals surface area (Å²) in [4.78, 5) is 23.0. The van der Waals surface area contributed by atoms with Gasteiger partial charge in [-0.25, -0.2) is 4.79 Å². The van der Waals surface area contributed by atoms with Gasteiger partial charge in [-0.1, -0.05) is 20.8 Å². The van der Waals surface area contributed by atoms with Crippen molar-refractivity contribution in [1.29, 1.82) is 0 Å². The van der Waals surface area contributed by atoms with Crippen molar-refractivity contribution in [3.05, 3.63) is 36.3 Å². The maximum absolute atomic E-state index is 11.7. The zero-order valence-electron chi connectivity index (χ0n) is 26.4. The number of hydrogen-bond donors (Lipinski definition) is 4. The molecule has 0 spiro atoms. The highest BCUT2D eigenvalue weighted by Gasteiger charge is 2.52. The maximum atomic E-state index is 11.7. The Hall–Kier alpha value is -2.87. The van der Waals surface area contributed by atoms with Crippen molar-refractivity contribution in [2.24, 2.45) is 0 Å². The van der Waals surface area contributed by atoms with Crippen molar-refractivity contribution in [3.63, 3.8) is 0 Å². The number of carboxylic acid groups (broad SMARTS) is 1. The van der Waals surface area contributed by atoms with Crippen molar-refractivity contribution in [2.75, 3.05) is 29.0 Å². The van der Waals surface area contributed by atoms with E-state index < -0.39 is 32.7 Å². The van der Waals surface area contributed by atoms with E-state index in [9.17, 15) is 9.90 Å². The molecule has 2 aliphatic heterocycles. The smallest absolute Gasteiger partial charge is 0.465 e. The summed E-state index contributed by atoms with van der Waals surface area (Å²) in [6.07, 6.45) is 2.95. The SMILES string of the molecule is CC1(C)OB(c2ccc(N)c(CNc3cnccc3N3CC[C@@H](O[Si](C)(C)C(C)(C)C)[C@H](NC(=O)O)C3)n2)OC1(C)C. The maximum Gasteiger partial charge on any atom is 0.514 e. The summed E-state index contributed by atoms with van der Waals surface area (Å²) in [7, 11) is -2.68. The van der Waals surface area contributed by atoms with Crippen LogP contribution in [-0.4, -0.2) is 73.0 Å². The zero-order chi connectivity index (χ0) is 31.1. The largest absolute Gasteiger partial charge is 0.514 e.